The van der Waals surface area contributed by atoms with Gasteiger partial charge in [0.15, 0.2) is 9.84 Å². The lowest BCUT2D eigenvalue weighted by atomic mass is 10.3. The van der Waals surface area contributed by atoms with Crippen LogP contribution in [0.2, 0.25) is 0 Å². The van der Waals surface area contributed by atoms with Gasteiger partial charge < -0.3 is 5.32 Å². The van der Waals surface area contributed by atoms with Crippen LogP contribution in [-0.4, -0.2) is 50.2 Å². The van der Waals surface area contributed by atoms with Gasteiger partial charge in [-0.15, -0.1) is 11.3 Å². The van der Waals surface area contributed by atoms with Gasteiger partial charge in [0.25, 0.3) is 0 Å². The summed E-state index contributed by atoms with van der Waals surface area (Å²) < 4.78 is 23.5. The Morgan fingerprint density at radius 2 is 2.16 bits per heavy atom. The van der Waals surface area contributed by atoms with Crippen LogP contribution >= 0.6 is 11.3 Å². The van der Waals surface area contributed by atoms with E-state index >= 15 is 0 Å². The van der Waals surface area contributed by atoms with Crippen LogP contribution in [0.5, 0.6) is 0 Å². The Balaban J connectivity index is 1.91. The molecule has 1 aromatic rings. The standard InChI is InChI=1S/C12H21N3O2S2/c1-2-7-19(16,17)10-12-14-8-11(18-12)9-15-5-3-13-4-6-15/h8,13H,2-7,9-10H2,1H3. The molecule has 0 amide bonds. The number of aromatic nitrogens is 1. The number of hydrogen-bond acceptors (Lipinski definition) is 6. The SMILES string of the molecule is CCCS(=O)(=O)Cc1ncc(CN2CCNCC2)s1. The summed E-state index contributed by atoms with van der Waals surface area (Å²) in [5.41, 5.74) is 0. The van der Waals surface area contributed by atoms with E-state index in [-0.39, 0.29) is 11.5 Å². The number of nitrogens with one attached hydrogen (secondary N) is 1. The lowest BCUT2D eigenvalue weighted by molar-refractivity contribution is 0.235. The molecule has 5 nitrogen and oxygen atoms in total. The van der Waals surface area contributed by atoms with Crippen molar-refractivity contribution in [1.29, 1.82) is 0 Å². The van der Waals surface area contributed by atoms with E-state index in [2.05, 4.69) is 15.2 Å². The summed E-state index contributed by atoms with van der Waals surface area (Å²) in [4.78, 5) is 7.77. The van der Waals surface area contributed by atoms with Gasteiger partial charge >= 0.3 is 0 Å². The van der Waals surface area contributed by atoms with E-state index in [1.54, 1.807) is 0 Å². The molecule has 1 aliphatic heterocycles. The van der Waals surface area contributed by atoms with Crippen molar-refractivity contribution in [3.8, 4) is 0 Å². The van der Waals surface area contributed by atoms with Gasteiger partial charge in [-0.25, -0.2) is 13.4 Å². The van der Waals surface area contributed by atoms with Crippen LogP contribution in [0.1, 0.15) is 23.2 Å². The third-order valence-electron chi connectivity index (χ3n) is 3.05. The molecule has 1 aliphatic rings. The molecule has 1 aromatic heterocycles. The molecule has 0 atom stereocenters. The minimum absolute atomic E-state index is 0.0903. The molecular weight excluding hydrogens is 282 g/mol. The average molecular weight is 303 g/mol. The Bertz CT molecular complexity index is 493. The van der Waals surface area contributed by atoms with Crippen molar-refractivity contribution in [3.05, 3.63) is 16.1 Å². The van der Waals surface area contributed by atoms with Crippen LogP contribution in [0, 0.1) is 0 Å². The molecular formula is C12H21N3O2S2. The summed E-state index contributed by atoms with van der Waals surface area (Å²) in [5, 5.41) is 4.04. The molecule has 0 aromatic carbocycles. The normalized spacial score (nSPS) is 17.7. The first-order valence-electron chi connectivity index (χ1n) is 6.66. The van der Waals surface area contributed by atoms with Crippen molar-refractivity contribution in [1.82, 2.24) is 15.2 Å². The summed E-state index contributed by atoms with van der Waals surface area (Å²) in [7, 11) is -2.98. The molecule has 0 radical (unpaired) electrons. The van der Waals surface area contributed by atoms with E-state index in [0.29, 0.717) is 6.42 Å². The number of piperazine rings is 1. The predicted octanol–water partition coefficient (Wildman–Crippen LogP) is 0.873. The van der Waals surface area contributed by atoms with E-state index < -0.39 is 9.84 Å². The first-order valence-corrected chi connectivity index (χ1v) is 9.30. The Morgan fingerprint density at radius 3 is 2.84 bits per heavy atom. The monoisotopic (exact) mass is 303 g/mol. The van der Waals surface area contributed by atoms with Crippen molar-refractivity contribution < 1.29 is 8.42 Å². The fourth-order valence-corrected chi connectivity index (χ4v) is 4.90. The van der Waals surface area contributed by atoms with Gasteiger partial charge in [-0.05, 0) is 6.42 Å². The highest BCUT2D eigenvalue weighted by Crippen LogP contribution is 2.18. The molecule has 2 heterocycles. The zero-order valence-corrected chi connectivity index (χ0v) is 12.9. The third kappa shape index (κ3) is 4.83. The van der Waals surface area contributed by atoms with Crippen LogP contribution in [-0.2, 0) is 22.1 Å². The summed E-state index contributed by atoms with van der Waals surface area (Å²) in [6.07, 6.45) is 2.49. The second kappa shape index (κ2) is 6.78. The third-order valence-corrected chi connectivity index (χ3v) is 5.96. The van der Waals surface area contributed by atoms with E-state index in [1.165, 1.54) is 11.3 Å². The van der Waals surface area contributed by atoms with Gasteiger partial charge in [0.2, 0.25) is 0 Å². The Kier molecular flexibility index (Phi) is 5.32. The van der Waals surface area contributed by atoms with Gasteiger partial charge in [-0.2, -0.15) is 0 Å². The largest absolute Gasteiger partial charge is 0.314 e. The maximum atomic E-state index is 11.7. The highest BCUT2D eigenvalue weighted by atomic mass is 32.2. The highest BCUT2D eigenvalue weighted by molar-refractivity contribution is 7.90. The first-order chi connectivity index (χ1) is 9.09. The van der Waals surface area contributed by atoms with Crippen LogP contribution < -0.4 is 5.32 Å². The van der Waals surface area contributed by atoms with Crippen molar-refractivity contribution in [2.75, 3.05) is 31.9 Å². The summed E-state index contributed by atoms with van der Waals surface area (Å²) in [5.74, 6) is 0.340. The molecule has 2 rings (SSSR count). The van der Waals surface area contributed by atoms with Gasteiger partial charge in [0, 0.05) is 43.8 Å². The second-order valence-electron chi connectivity index (χ2n) is 4.84. The average Bonchev–Trinajstić information content (AvgIpc) is 2.76. The molecule has 0 unspecified atom stereocenters. The molecule has 0 saturated carbocycles. The van der Waals surface area contributed by atoms with Gasteiger partial charge in [0.1, 0.15) is 10.8 Å². The molecule has 0 spiro atoms. The fraction of sp³-hybridized carbons (Fsp3) is 0.750. The molecule has 7 heteroatoms. The van der Waals surface area contributed by atoms with Crippen LogP contribution in [0.3, 0.4) is 0 Å². The van der Waals surface area contributed by atoms with Crippen LogP contribution in [0.25, 0.3) is 0 Å². The lowest BCUT2D eigenvalue weighted by Gasteiger charge is -2.26. The number of nitrogens with zero attached hydrogens (tertiary/aromatic N) is 2. The number of sulfone groups is 1. The van der Waals surface area contributed by atoms with Crippen molar-refractivity contribution in [3.63, 3.8) is 0 Å². The van der Waals surface area contributed by atoms with E-state index in [1.807, 2.05) is 13.1 Å². The zero-order chi connectivity index (χ0) is 13.7. The smallest absolute Gasteiger partial charge is 0.156 e. The molecule has 0 bridgehead atoms. The summed E-state index contributed by atoms with van der Waals surface area (Å²) >= 11 is 1.53. The van der Waals surface area contributed by atoms with Crippen molar-refractivity contribution >= 4 is 21.2 Å². The number of thiazole rings is 1. The topological polar surface area (TPSA) is 62.3 Å². The zero-order valence-electron chi connectivity index (χ0n) is 11.3. The Hall–Kier alpha value is -0.500. The minimum Gasteiger partial charge on any atom is -0.314 e. The van der Waals surface area contributed by atoms with Crippen molar-refractivity contribution in [2.45, 2.75) is 25.6 Å². The molecule has 1 fully saturated rings. The molecule has 1 N–H and O–H groups in total. The lowest BCUT2D eigenvalue weighted by Crippen LogP contribution is -2.42. The number of rotatable bonds is 6. The summed E-state index contributed by atoms with van der Waals surface area (Å²) in [6.45, 7) is 6.90. The maximum absolute atomic E-state index is 11.7. The molecule has 108 valence electrons. The van der Waals surface area contributed by atoms with E-state index in [0.717, 1.165) is 42.6 Å². The van der Waals surface area contributed by atoms with E-state index in [4.69, 9.17) is 0 Å². The quantitative estimate of drug-likeness (QED) is 0.845. The Morgan fingerprint density at radius 1 is 1.42 bits per heavy atom. The van der Waals surface area contributed by atoms with Crippen LogP contribution in [0.4, 0.5) is 0 Å². The fourth-order valence-electron chi connectivity index (χ4n) is 2.15. The molecule has 1 saturated heterocycles. The maximum Gasteiger partial charge on any atom is 0.156 e. The van der Waals surface area contributed by atoms with Crippen LogP contribution in [0.15, 0.2) is 6.20 Å². The Labute approximate surface area is 119 Å². The highest BCUT2D eigenvalue weighted by Gasteiger charge is 2.15. The number of hydrogen-bond donors (Lipinski definition) is 1. The second-order valence-corrected chi connectivity index (χ2v) is 8.22. The molecule has 19 heavy (non-hydrogen) atoms. The van der Waals surface area contributed by atoms with Gasteiger partial charge in [-0.1, -0.05) is 6.92 Å². The minimum atomic E-state index is -2.98. The van der Waals surface area contributed by atoms with E-state index in [9.17, 15) is 8.42 Å². The summed E-state index contributed by atoms with van der Waals surface area (Å²) in [6, 6.07) is 0. The van der Waals surface area contributed by atoms with Gasteiger partial charge in [0.05, 0.1) is 5.75 Å². The van der Waals surface area contributed by atoms with Crippen molar-refractivity contribution in [2.24, 2.45) is 0 Å². The predicted molar refractivity (Wildman–Crippen MR) is 78.0 cm³/mol. The molecule has 0 aliphatic carbocycles. The first kappa shape index (κ1) is 14.9. The van der Waals surface area contributed by atoms with Gasteiger partial charge in [-0.3, -0.25) is 4.90 Å².